The lowest BCUT2D eigenvalue weighted by Crippen LogP contribution is -2.68. The van der Waals surface area contributed by atoms with Gasteiger partial charge in [-0.15, -0.1) is 11.8 Å². The number of carboxylic acid groups (broad SMARTS) is 1. The smallest absolute Gasteiger partial charge is 0.305 e. The zero-order valence-corrected chi connectivity index (χ0v) is 47.4. The number of fused-ring (bicyclic) bond motifs is 3. The van der Waals surface area contributed by atoms with E-state index in [0.29, 0.717) is 51.4 Å². The molecule has 78 heavy (non-hydrogen) atoms. The van der Waals surface area contributed by atoms with E-state index in [-0.39, 0.29) is 45.6 Å². The Morgan fingerprint density at radius 1 is 0.679 bits per heavy atom. The Balaban J connectivity index is 1.04. The first-order valence-electron chi connectivity index (χ1n) is 28.0. The van der Waals surface area contributed by atoms with Crippen LogP contribution in [0, 0.1) is 33.5 Å². The van der Waals surface area contributed by atoms with Crippen LogP contribution in [-0.4, -0.2) is 214 Å². The van der Waals surface area contributed by atoms with Crippen molar-refractivity contribution in [1.82, 2.24) is 16.0 Å². The lowest BCUT2D eigenvalue weighted by atomic mass is 9.40. The summed E-state index contributed by atoms with van der Waals surface area (Å²) in [5.41, 5.74) is -3.32. The third kappa shape index (κ3) is 11.2. The quantitative estimate of drug-likeness (QED) is 0.0783. The highest BCUT2D eigenvalue weighted by Gasteiger charge is 2.72. The Morgan fingerprint density at radius 2 is 1.32 bits per heavy atom. The molecule has 8 rings (SSSR count). The number of aliphatic hydroxyl groups is 9. The molecule has 23 nitrogen and oxygen atoms in total. The minimum atomic E-state index is -1.91. The summed E-state index contributed by atoms with van der Waals surface area (Å²) in [6.45, 7) is 16.3. The summed E-state index contributed by atoms with van der Waals surface area (Å²) in [4.78, 5) is 54.4. The lowest BCUT2D eigenvalue weighted by Gasteiger charge is -2.64. The molecule has 4 saturated carbocycles. The lowest BCUT2D eigenvalue weighted by molar-refractivity contribution is -0.401. The molecule has 4 aliphatic carbocycles. The Bertz CT molecular complexity index is 2180. The normalized spacial score (nSPS) is 45.4. The molecule has 0 aromatic rings. The number of amides is 3. The van der Waals surface area contributed by atoms with Crippen LogP contribution >= 0.6 is 11.8 Å². The molecule has 13 N–H and O–H groups in total. The third-order valence-electron chi connectivity index (χ3n) is 19.9. The standard InChI is InChI=1S/C54H89N3O20S/c1-25(41(69)57-46-49(4,5)78-50(46,6)7)55-42(70)27(20-33(62)63)56-47(71)52(9)15-10-14-51(8)31(52)11-16-53-23-48(2,3)54(24-53,17-12-32(51)53)77-45-40(76-44-38(68)37(67)35(65)30(22-60)74-44)39(36(66)29(73-45)13-18-58)75-43-34(64)28(61)19-26(21-59)72-43/h25-32,34-40,43-46,58-61,64-68H,10-24H2,1-9H3,(H,55,70)(H,56,71)(H,57,69)(H,62,63)/t25-,26+,27?,28+,29-,30-,31+,32+,34-,35-,36-,37+,38-,39+,40-,43+,44+,45+,51-,52-,53-,54+/m1/s1. The molecule has 0 aromatic heterocycles. The fourth-order valence-electron chi connectivity index (χ4n) is 16.4. The van der Waals surface area contributed by atoms with Crippen molar-refractivity contribution < 1.29 is 98.7 Å². The van der Waals surface area contributed by atoms with E-state index in [1.54, 1.807) is 11.8 Å². The number of rotatable bonds is 18. The summed E-state index contributed by atoms with van der Waals surface area (Å²) in [5, 5.41) is 116. The highest BCUT2D eigenvalue weighted by molar-refractivity contribution is 8.03. The summed E-state index contributed by atoms with van der Waals surface area (Å²) in [5.74, 6) is -3.01. The first kappa shape index (κ1) is 61.7. The maximum absolute atomic E-state index is 14.9. The molecule has 8 aliphatic rings. The topological polar surface area (TPSA) is 362 Å². The summed E-state index contributed by atoms with van der Waals surface area (Å²) in [6, 6.07) is -2.64. The number of carbonyl (C=O) groups excluding carboxylic acids is 3. The number of carboxylic acids is 1. The molecule has 0 radical (unpaired) electrons. The van der Waals surface area contributed by atoms with Crippen molar-refractivity contribution in [3.05, 3.63) is 0 Å². The van der Waals surface area contributed by atoms with Gasteiger partial charge >= 0.3 is 5.97 Å². The number of carbonyl (C=O) groups is 4. The molecular weight excluding hydrogens is 1040 g/mol. The zero-order valence-electron chi connectivity index (χ0n) is 46.5. The van der Waals surface area contributed by atoms with Gasteiger partial charge < -0.3 is 95.4 Å². The van der Waals surface area contributed by atoms with Crippen LogP contribution in [0.25, 0.3) is 0 Å². The van der Waals surface area contributed by atoms with E-state index in [1.165, 1.54) is 6.92 Å². The fourth-order valence-corrected chi connectivity index (χ4v) is 18.5. The van der Waals surface area contributed by atoms with Crippen molar-refractivity contribution in [1.29, 1.82) is 0 Å². The van der Waals surface area contributed by atoms with Crippen LogP contribution < -0.4 is 16.0 Å². The average Bonchev–Trinajstić information content (AvgIpc) is 3.63. The van der Waals surface area contributed by atoms with Crippen LogP contribution in [0.15, 0.2) is 0 Å². The molecule has 24 heteroatoms. The second kappa shape index (κ2) is 22.7. The van der Waals surface area contributed by atoms with Gasteiger partial charge in [0, 0.05) is 27.9 Å². The summed E-state index contributed by atoms with van der Waals surface area (Å²) in [7, 11) is 0. The first-order chi connectivity index (χ1) is 36.3. The Labute approximate surface area is 460 Å². The highest BCUT2D eigenvalue weighted by Crippen LogP contribution is 2.76. The molecule has 4 heterocycles. The summed E-state index contributed by atoms with van der Waals surface area (Å²) in [6.07, 6.45) is -17.2. The maximum Gasteiger partial charge on any atom is 0.305 e. The number of nitrogens with one attached hydrogen (secondary N) is 3. The molecular formula is C54H89N3O20S. The van der Waals surface area contributed by atoms with Gasteiger partial charge in [0.15, 0.2) is 18.9 Å². The number of thioether (sulfide) groups is 1. The van der Waals surface area contributed by atoms with E-state index < -0.39 is 170 Å². The highest BCUT2D eigenvalue weighted by atomic mass is 32.2. The molecule has 8 fully saturated rings. The van der Waals surface area contributed by atoms with Gasteiger partial charge in [-0.25, -0.2) is 0 Å². The van der Waals surface area contributed by atoms with Crippen molar-refractivity contribution in [2.75, 3.05) is 19.8 Å². The van der Waals surface area contributed by atoms with E-state index in [1.807, 2.05) is 34.6 Å². The van der Waals surface area contributed by atoms with Gasteiger partial charge in [0.2, 0.25) is 17.7 Å². The van der Waals surface area contributed by atoms with Crippen molar-refractivity contribution >= 4 is 35.5 Å². The van der Waals surface area contributed by atoms with Crippen molar-refractivity contribution in [3.8, 4) is 0 Å². The van der Waals surface area contributed by atoms with Gasteiger partial charge in [-0.05, 0) is 120 Å². The summed E-state index contributed by atoms with van der Waals surface area (Å²) >= 11 is 1.74. The molecule has 4 aliphatic heterocycles. The van der Waals surface area contributed by atoms with Crippen LogP contribution in [0.3, 0.4) is 0 Å². The predicted octanol–water partition coefficient (Wildman–Crippen LogP) is -0.315. The predicted molar refractivity (Wildman–Crippen MR) is 277 cm³/mol. The van der Waals surface area contributed by atoms with Crippen LogP contribution in [0.2, 0.25) is 0 Å². The molecule has 3 amide bonds. The minimum absolute atomic E-state index is 0.0699. The second-order valence-electron chi connectivity index (χ2n) is 26.3. The SMILES string of the molecule is C[C@@H](NC(=O)C(CC(=O)O)NC(=O)[C@]1(C)CCC[C@@]2(C)[C@@H]3CC[C@]4(O[C@@H]5O[C@H](CCO)[C@@H](O)[C@H](O[C@@H]6O[C@H](CO)C[C@H](O)[C@H]6O)[C@H]5O[C@@H]5O[C@H](CO)[C@@H](O)[C@H](O)[C@H]5O)C[C@@]3(CC[C@@H]21)CC4(C)C)C(=O)NC1C(C)(C)SC1(C)C. The van der Waals surface area contributed by atoms with E-state index in [9.17, 15) is 70.2 Å². The molecule has 22 atom stereocenters. The van der Waals surface area contributed by atoms with Gasteiger partial charge in [-0.3, -0.25) is 19.2 Å². The van der Waals surface area contributed by atoms with E-state index in [4.69, 9.17) is 28.4 Å². The minimum Gasteiger partial charge on any atom is -0.481 e. The van der Waals surface area contributed by atoms with Gasteiger partial charge in [-0.1, -0.05) is 34.1 Å². The second-order valence-corrected chi connectivity index (χ2v) is 28.6. The monoisotopic (exact) mass is 1130 g/mol. The Morgan fingerprint density at radius 3 is 1.95 bits per heavy atom. The Kier molecular flexibility index (Phi) is 17.9. The first-order valence-corrected chi connectivity index (χ1v) is 28.8. The molecule has 1 unspecified atom stereocenters. The van der Waals surface area contributed by atoms with Gasteiger partial charge in [-0.2, -0.15) is 0 Å². The van der Waals surface area contributed by atoms with E-state index in [2.05, 4.69) is 36.7 Å². The summed E-state index contributed by atoms with van der Waals surface area (Å²) < 4.78 is 37.8. The maximum atomic E-state index is 14.9. The number of aliphatic hydroxyl groups excluding tert-OH is 9. The number of hydrogen-bond donors (Lipinski definition) is 13. The van der Waals surface area contributed by atoms with E-state index >= 15 is 0 Å². The van der Waals surface area contributed by atoms with E-state index in [0.717, 1.165) is 6.42 Å². The molecule has 1 spiro atoms. The van der Waals surface area contributed by atoms with Crippen molar-refractivity contribution in [2.45, 2.75) is 259 Å². The Hall–Kier alpha value is -2.37. The van der Waals surface area contributed by atoms with Crippen LogP contribution in [0.5, 0.6) is 0 Å². The van der Waals surface area contributed by atoms with Crippen LogP contribution in [0.1, 0.15) is 139 Å². The molecule has 446 valence electrons. The van der Waals surface area contributed by atoms with Crippen LogP contribution in [-0.2, 0) is 47.6 Å². The van der Waals surface area contributed by atoms with Crippen molar-refractivity contribution in [3.63, 3.8) is 0 Å². The number of ether oxygens (including phenoxy) is 6. The fraction of sp³-hybridized carbons (Fsp3) is 0.926. The van der Waals surface area contributed by atoms with Gasteiger partial charge in [0.25, 0.3) is 0 Å². The molecule has 0 aromatic carbocycles. The third-order valence-corrected chi connectivity index (χ3v) is 21.5. The zero-order chi connectivity index (χ0) is 57.5. The van der Waals surface area contributed by atoms with Crippen LogP contribution in [0.4, 0.5) is 0 Å². The van der Waals surface area contributed by atoms with Gasteiger partial charge in [0.05, 0.1) is 49.6 Å². The largest absolute Gasteiger partial charge is 0.481 e. The van der Waals surface area contributed by atoms with Crippen molar-refractivity contribution in [2.24, 2.45) is 33.5 Å². The molecule has 2 bridgehead atoms. The number of aliphatic carboxylic acids is 1. The van der Waals surface area contributed by atoms with Gasteiger partial charge in [0.1, 0.15) is 60.9 Å². The average molecular weight is 1130 g/mol. The number of hydrogen-bond acceptors (Lipinski definition) is 20. The molecule has 4 saturated heterocycles.